The third-order valence-electron chi connectivity index (χ3n) is 3.05. The summed E-state index contributed by atoms with van der Waals surface area (Å²) in [6.07, 6.45) is -0.188. The van der Waals surface area contributed by atoms with E-state index in [1.54, 1.807) is 0 Å². The summed E-state index contributed by atoms with van der Waals surface area (Å²) < 4.78 is 0. The predicted molar refractivity (Wildman–Crippen MR) is 74.2 cm³/mol. The molecule has 2 N–H and O–H groups in total. The molecule has 4 heteroatoms. The first-order chi connectivity index (χ1) is 8.95. The number of nitrogens with one attached hydrogen (secondary N) is 1. The normalized spacial score (nSPS) is 12.2. The van der Waals surface area contributed by atoms with Crippen LogP contribution in [-0.4, -0.2) is 23.5 Å². The summed E-state index contributed by atoms with van der Waals surface area (Å²) in [7, 11) is 0. The average molecular weight is 263 g/mol. The first-order valence-electron chi connectivity index (χ1n) is 6.55. The summed E-state index contributed by atoms with van der Waals surface area (Å²) in [5.41, 5.74) is 1.92. The molecule has 0 aliphatic heterocycles. The lowest BCUT2D eigenvalue weighted by molar-refractivity contribution is -0.139. The maximum absolute atomic E-state index is 11.9. The molecule has 1 aromatic rings. The Labute approximate surface area is 113 Å². The van der Waals surface area contributed by atoms with E-state index in [1.165, 1.54) is 5.56 Å². The second-order valence-electron chi connectivity index (χ2n) is 4.87. The maximum atomic E-state index is 11.9. The standard InChI is InChI=1S/C15H21NO3/c1-4-16-15(19)13(9-14(17)18)12-7-5-11(6-8-12)10(2)3/h5-8,10,13H,4,9H2,1-3H3,(H,16,19)(H,17,18). The minimum Gasteiger partial charge on any atom is -0.481 e. The molecule has 1 rings (SSSR count). The van der Waals surface area contributed by atoms with Gasteiger partial charge >= 0.3 is 5.97 Å². The number of carboxylic acid groups (broad SMARTS) is 1. The molecule has 104 valence electrons. The Kier molecular flexibility index (Phi) is 5.55. The van der Waals surface area contributed by atoms with Gasteiger partial charge < -0.3 is 10.4 Å². The maximum Gasteiger partial charge on any atom is 0.304 e. The van der Waals surface area contributed by atoms with Gasteiger partial charge in [-0.3, -0.25) is 9.59 Å². The van der Waals surface area contributed by atoms with Crippen LogP contribution in [0.5, 0.6) is 0 Å². The SMILES string of the molecule is CCNC(=O)C(CC(=O)O)c1ccc(C(C)C)cc1. The fourth-order valence-corrected chi connectivity index (χ4v) is 1.95. The van der Waals surface area contributed by atoms with Crippen LogP contribution in [0.2, 0.25) is 0 Å². The molecule has 0 spiro atoms. The summed E-state index contributed by atoms with van der Waals surface area (Å²) in [5.74, 6) is -1.42. The number of carbonyl (C=O) groups is 2. The van der Waals surface area contributed by atoms with Crippen molar-refractivity contribution in [2.24, 2.45) is 0 Å². The molecule has 0 bridgehead atoms. The fourth-order valence-electron chi connectivity index (χ4n) is 1.95. The van der Waals surface area contributed by atoms with E-state index >= 15 is 0 Å². The lowest BCUT2D eigenvalue weighted by Crippen LogP contribution is -2.30. The van der Waals surface area contributed by atoms with Crippen LogP contribution in [0.25, 0.3) is 0 Å². The van der Waals surface area contributed by atoms with E-state index in [0.717, 1.165) is 5.56 Å². The highest BCUT2D eigenvalue weighted by Gasteiger charge is 2.23. The molecule has 19 heavy (non-hydrogen) atoms. The lowest BCUT2D eigenvalue weighted by atomic mass is 9.92. The first-order valence-corrected chi connectivity index (χ1v) is 6.55. The van der Waals surface area contributed by atoms with E-state index < -0.39 is 11.9 Å². The van der Waals surface area contributed by atoms with Crippen molar-refractivity contribution in [2.45, 2.75) is 39.0 Å². The fraction of sp³-hybridized carbons (Fsp3) is 0.467. The smallest absolute Gasteiger partial charge is 0.304 e. The molecule has 0 aliphatic carbocycles. The van der Waals surface area contributed by atoms with Crippen molar-refractivity contribution < 1.29 is 14.7 Å². The van der Waals surface area contributed by atoms with Gasteiger partial charge in [0.15, 0.2) is 0 Å². The molecule has 1 aromatic carbocycles. The second kappa shape index (κ2) is 6.92. The topological polar surface area (TPSA) is 66.4 Å². The van der Waals surface area contributed by atoms with Crippen molar-refractivity contribution in [1.82, 2.24) is 5.32 Å². The molecule has 4 nitrogen and oxygen atoms in total. The summed E-state index contributed by atoms with van der Waals surface area (Å²) in [4.78, 5) is 22.8. The molecule has 0 aliphatic rings. The summed E-state index contributed by atoms with van der Waals surface area (Å²) in [6, 6.07) is 7.60. The van der Waals surface area contributed by atoms with Gasteiger partial charge in [0.1, 0.15) is 0 Å². The van der Waals surface area contributed by atoms with Crippen LogP contribution in [0, 0.1) is 0 Å². The highest BCUT2D eigenvalue weighted by Crippen LogP contribution is 2.23. The molecular formula is C15H21NO3. The zero-order valence-electron chi connectivity index (χ0n) is 11.6. The minimum absolute atomic E-state index is 0.188. The average Bonchev–Trinajstić information content (AvgIpc) is 2.36. The van der Waals surface area contributed by atoms with Crippen LogP contribution >= 0.6 is 0 Å². The number of hydrogen-bond donors (Lipinski definition) is 2. The van der Waals surface area contributed by atoms with Gasteiger partial charge in [0, 0.05) is 6.54 Å². The number of rotatable bonds is 6. The van der Waals surface area contributed by atoms with Crippen molar-refractivity contribution in [2.75, 3.05) is 6.54 Å². The number of aliphatic carboxylic acids is 1. The summed E-state index contributed by atoms with van der Waals surface area (Å²) >= 11 is 0. The van der Waals surface area contributed by atoms with Crippen LogP contribution in [0.1, 0.15) is 50.2 Å². The van der Waals surface area contributed by atoms with Crippen LogP contribution in [0.15, 0.2) is 24.3 Å². The van der Waals surface area contributed by atoms with Gasteiger partial charge in [0.05, 0.1) is 12.3 Å². The van der Waals surface area contributed by atoms with Crippen molar-refractivity contribution in [3.8, 4) is 0 Å². The Morgan fingerprint density at radius 1 is 1.16 bits per heavy atom. The molecule has 0 fully saturated rings. The van der Waals surface area contributed by atoms with Gasteiger partial charge in [-0.05, 0) is 24.0 Å². The second-order valence-corrected chi connectivity index (χ2v) is 4.87. The van der Waals surface area contributed by atoms with Gasteiger partial charge in [-0.25, -0.2) is 0 Å². The Hall–Kier alpha value is -1.84. The van der Waals surface area contributed by atoms with Crippen LogP contribution in [0.3, 0.4) is 0 Å². The van der Waals surface area contributed by atoms with E-state index in [4.69, 9.17) is 5.11 Å². The minimum atomic E-state index is -0.968. The molecule has 0 radical (unpaired) electrons. The molecule has 0 heterocycles. The number of amides is 1. The van der Waals surface area contributed by atoms with Crippen molar-refractivity contribution in [1.29, 1.82) is 0 Å². The Bertz CT molecular complexity index is 437. The van der Waals surface area contributed by atoms with Crippen LogP contribution < -0.4 is 5.32 Å². The summed E-state index contributed by atoms with van der Waals surface area (Å²) in [5, 5.41) is 11.6. The summed E-state index contributed by atoms with van der Waals surface area (Å²) in [6.45, 7) is 6.50. The first kappa shape index (κ1) is 15.2. The zero-order chi connectivity index (χ0) is 14.4. The van der Waals surface area contributed by atoms with Crippen molar-refractivity contribution in [3.05, 3.63) is 35.4 Å². The number of carboxylic acids is 1. The van der Waals surface area contributed by atoms with E-state index in [9.17, 15) is 9.59 Å². The third-order valence-corrected chi connectivity index (χ3v) is 3.05. The molecule has 0 aromatic heterocycles. The number of likely N-dealkylation sites (N-methyl/N-ethyl adjacent to an activating group) is 1. The monoisotopic (exact) mass is 263 g/mol. The lowest BCUT2D eigenvalue weighted by Gasteiger charge is -2.15. The number of benzene rings is 1. The van der Waals surface area contributed by atoms with E-state index in [0.29, 0.717) is 12.5 Å². The van der Waals surface area contributed by atoms with Gasteiger partial charge in [-0.2, -0.15) is 0 Å². The van der Waals surface area contributed by atoms with Crippen molar-refractivity contribution >= 4 is 11.9 Å². The molecule has 0 saturated heterocycles. The molecule has 1 unspecified atom stereocenters. The molecule has 1 atom stereocenters. The van der Waals surface area contributed by atoms with Crippen molar-refractivity contribution in [3.63, 3.8) is 0 Å². The highest BCUT2D eigenvalue weighted by atomic mass is 16.4. The molecule has 0 saturated carbocycles. The Morgan fingerprint density at radius 3 is 2.11 bits per heavy atom. The van der Waals surface area contributed by atoms with Gasteiger partial charge in [0.2, 0.25) is 5.91 Å². The Balaban J connectivity index is 2.96. The van der Waals surface area contributed by atoms with E-state index in [2.05, 4.69) is 19.2 Å². The van der Waals surface area contributed by atoms with Gasteiger partial charge in [-0.1, -0.05) is 38.1 Å². The van der Waals surface area contributed by atoms with E-state index in [-0.39, 0.29) is 12.3 Å². The quantitative estimate of drug-likeness (QED) is 0.828. The number of hydrogen-bond acceptors (Lipinski definition) is 2. The number of carbonyl (C=O) groups excluding carboxylic acids is 1. The van der Waals surface area contributed by atoms with Crippen LogP contribution in [-0.2, 0) is 9.59 Å². The van der Waals surface area contributed by atoms with Gasteiger partial charge in [0.25, 0.3) is 0 Å². The third kappa shape index (κ3) is 4.39. The largest absolute Gasteiger partial charge is 0.481 e. The van der Waals surface area contributed by atoms with Crippen LogP contribution in [0.4, 0.5) is 0 Å². The zero-order valence-corrected chi connectivity index (χ0v) is 11.6. The Morgan fingerprint density at radius 2 is 1.68 bits per heavy atom. The molecular weight excluding hydrogens is 242 g/mol. The molecule has 1 amide bonds. The van der Waals surface area contributed by atoms with Gasteiger partial charge in [-0.15, -0.1) is 0 Å². The highest BCUT2D eigenvalue weighted by molar-refractivity contribution is 5.87. The van der Waals surface area contributed by atoms with E-state index in [1.807, 2.05) is 31.2 Å². The predicted octanol–water partition coefficient (Wildman–Crippen LogP) is 2.50.